The van der Waals surface area contributed by atoms with E-state index in [2.05, 4.69) is 5.32 Å². The van der Waals surface area contributed by atoms with Crippen LogP contribution in [-0.4, -0.2) is 35.9 Å². The molecule has 6 nitrogen and oxygen atoms in total. The zero-order chi connectivity index (χ0) is 19.0. The smallest absolute Gasteiger partial charge is 0.408 e. The van der Waals surface area contributed by atoms with E-state index >= 15 is 0 Å². The van der Waals surface area contributed by atoms with Gasteiger partial charge < -0.3 is 19.5 Å². The van der Waals surface area contributed by atoms with Crippen LogP contribution in [0.1, 0.15) is 48.0 Å². The Bertz CT molecular complexity index is 553. The molecule has 1 rings (SSSR count). The molecule has 1 amide bonds. The summed E-state index contributed by atoms with van der Waals surface area (Å²) in [7, 11) is 0. The van der Waals surface area contributed by atoms with Gasteiger partial charge in [-0.3, -0.25) is 0 Å². The first-order valence-electron chi connectivity index (χ1n) is 8.54. The lowest BCUT2D eigenvalue weighted by Gasteiger charge is -2.26. The summed E-state index contributed by atoms with van der Waals surface area (Å²) in [5.41, 5.74) is -0.627. The molecule has 0 aromatic heterocycles. The van der Waals surface area contributed by atoms with E-state index in [0.717, 1.165) is 0 Å². The minimum atomic E-state index is -0.812. The van der Waals surface area contributed by atoms with Crippen LogP contribution in [0.25, 0.3) is 0 Å². The van der Waals surface area contributed by atoms with Gasteiger partial charge in [0.1, 0.15) is 29.6 Å². The third kappa shape index (κ3) is 7.92. The average Bonchev–Trinajstić information content (AvgIpc) is 2.51. The fraction of sp³-hybridized carbons (Fsp3) is 0.579. The Balaban J connectivity index is 2.55. The van der Waals surface area contributed by atoms with E-state index in [1.807, 2.05) is 44.2 Å². The normalized spacial score (nSPS) is 14.8. The maximum absolute atomic E-state index is 12.2. The van der Waals surface area contributed by atoms with Crippen LogP contribution in [-0.2, 0) is 14.3 Å². The summed E-state index contributed by atoms with van der Waals surface area (Å²) in [5, 5.41) is 2.48. The molecule has 25 heavy (non-hydrogen) atoms. The SMILES string of the molecule is CC[C@H](OC(=O)[C@H](C)NC(=O)OC(C)(C)C)[C@@H](C)Oc1ccccc1. The number of benzene rings is 1. The summed E-state index contributed by atoms with van der Waals surface area (Å²) in [5.74, 6) is 0.186. The zero-order valence-corrected chi connectivity index (χ0v) is 15.9. The molecule has 0 fully saturated rings. The number of para-hydroxylation sites is 1. The van der Waals surface area contributed by atoms with Gasteiger partial charge in [-0.05, 0) is 53.2 Å². The van der Waals surface area contributed by atoms with Crippen molar-refractivity contribution in [3.05, 3.63) is 30.3 Å². The van der Waals surface area contributed by atoms with Crippen LogP contribution in [0.5, 0.6) is 5.75 Å². The molecule has 6 heteroatoms. The summed E-state index contributed by atoms with van der Waals surface area (Å²) < 4.78 is 16.4. The van der Waals surface area contributed by atoms with Crippen molar-refractivity contribution >= 4 is 12.1 Å². The maximum Gasteiger partial charge on any atom is 0.408 e. The van der Waals surface area contributed by atoms with Crippen LogP contribution in [0.2, 0.25) is 0 Å². The van der Waals surface area contributed by atoms with Crippen molar-refractivity contribution in [3.63, 3.8) is 0 Å². The Morgan fingerprint density at radius 2 is 1.72 bits per heavy atom. The van der Waals surface area contributed by atoms with Crippen molar-refractivity contribution in [2.24, 2.45) is 0 Å². The van der Waals surface area contributed by atoms with Crippen LogP contribution in [0.4, 0.5) is 4.79 Å². The maximum atomic E-state index is 12.2. The quantitative estimate of drug-likeness (QED) is 0.759. The molecule has 0 aliphatic carbocycles. The van der Waals surface area contributed by atoms with Gasteiger partial charge in [0.25, 0.3) is 0 Å². The predicted molar refractivity (Wildman–Crippen MR) is 95.5 cm³/mol. The summed E-state index contributed by atoms with van der Waals surface area (Å²) in [6.45, 7) is 10.6. The number of carbonyl (C=O) groups is 2. The Morgan fingerprint density at radius 3 is 2.24 bits per heavy atom. The first kappa shape index (κ1) is 20.8. The summed E-state index contributed by atoms with van der Waals surface area (Å²) in [4.78, 5) is 24.0. The number of hydrogen-bond acceptors (Lipinski definition) is 5. The highest BCUT2D eigenvalue weighted by Crippen LogP contribution is 2.16. The van der Waals surface area contributed by atoms with Crippen molar-refractivity contribution < 1.29 is 23.8 Å². The number of amides is 1. The third-order valence-corrected chi connectivity index (χ3v) is 3.35. The molecule has 0 radical (unpaired) electrons. The second-order valence-corrected chi connectivity index (χ2v) is 6.89. The summed E-state index contributed by atoms with van der Waals surface area (Å²) in [6.07, 6.45) is -0.793. The lowest BCUT2D eigenvalue weighted by molar-refractivity contribution is -0.155. The highest BCUT2D eigenvalue weighted by atomic mass is 16.6. The molecular weight excluding hydrogens is 322 g/mol. The van der Waals surface area contributed by atoms with Gasteiger partial charge >= 0.3 is 12.1 Å². The highest BCUT2D eigenvalue weighted by Gasteiger charge is 2.26. The Labute approximate surface area is 149 Å². The molecule has 0 saturated heterocycles. The molecule has 0 aliphatic heterocycles. The van der Waals surface area contributed by atoms with Crippen LogP contribution in [0, 0.1) is 0 Å². The number of carbonyl (C=O) groups excluding carboxylic acids is 2. The summed E-state index contributed by atoms with van der Waals surface area (Å²) in [6, 6.07) is 8.53. The van der Waals surface area contributed by atoms with E-state index < -0.39 is 29.8 Å². The van der Waals surface area contributed by atoms with Gasteiger partial charge in [0.15, 0.2) is 0 Å². The molecular formula is C19H29NO5. The Morgan fingerprint density at radius 1 is 1.12 bits per heavy atom. The van der Waals surface area contributed by atoms with Crippen molar-refractivity contribution in [2.75, 3.05) is 0 Å². The number of hydrogen-bond donors (Lipinski definition) is 1. The first-order valence-corrected chi connectivity index (χ1v) is 8.54. The number of rotatable bonds is 7. The van der Waals surface area contributed by atoms with E-state index in [9.17, 15) is 9.59 Å². The lowest BCUT2D eigenvalue weighted by Crippen LogP contribution is -2.44. The molecule has 0 heterocycles. The Kier molecular flexibility index (Phi) is 7.74. The fourth-order valence-corrected chi connectivity index (χ4v) is 2.10. The fourth-order valence-electron chi connectivity index (χ4n) is 2.10. The molecule has 0 saturated carbocycles. The van der Waals surface area contributed by atoms with Gasteiger partial charge in [0.05, 0.1) is 0 Å². The van der Waals surface area contributed by atoms with Gasteiger partial charge in [-0.25, -0.2) is 9.59 Å². The largest absolute Gasteiger partial charge is 0.487 e. The average molecular weight is 351 g/mol. The minimum absolute atomic E-state index is 0.315. The van der Waals surface area contributed by atoms with E-state index in [0.29, 0.717) is 12.2 Å². The molecule has 1 N–H and O–H groups in total. The van der Waals surface area contributed by atoms with Crippen molar-refractivity contribution in [3.8, 4) is 5.75 Å². The third-order valence-electron chi connectivity index (χ3n) is 3.35. The van der Waals surface area contributed by atoms with Crippen LogP contribution in [0.15, 0.2) is 30.3 Å². The van der Waals surface area contributed by atoms with Gasteiger partial charge in [-0.15, -0.1) is 0 Å². The number of alkyl carbamates (subject to hydrolysis) is 1. The number of nitrogens with one attached hydrogen (secondary N) is 1. The standard InChI is InChI=1S/C19H29NO5/c1-7-16(14(3)23-15-11-9-8-10-12-15)24-17(21)13(2)20-18(22)25-19(4,5)6/h8-14,16H,7H2,1-6H3,(H,20,22)/t13-,14+,16-/m0/s1. The van der Waals surface area contributed by atoms with E-state index in [-0.39, 0.29) is 6.10 Å². The molecule has 1 aromatic rings. The molecule has 3 atom stereocenters. The second kappa shape index (κ2) is 9.30. The van der Waals surface area contributed by atoms with Crippen molar-refractivity contribution in [1.82, 2.24) is 5.32 Å². The van der Waals surface area contributed by atoms with Gasteiger partial charge in [-0.2, -0.15) is 0 Å². The van der Waals surface area contributed by atoms with Crippen LogP contribution >= 0.6 is 0 Å². The zero-order valence-electron chi connectivity index (χ0n) is 15.9. The predicted octanol–water partition coefficient (Wildman–Crippen LogP) is 3.69. The monoisotopic (exact) mass is 351 g/mol. The highest BCUT2D eigenvalue weighted by molar-refractivity contribution is 5.81. The van der Waals surface area contributed by atoms with Crippen LogP contribution < -0.4 is 10.1 Å². The van der Waals surface area contributed by atoms with Gasteiger partial charge in [0.2, 0.25) is 0 Å². The molecule has 0 unspecified atom stereocenters. The minimum Gasteiger partial charge on any atom is -0.487 e. The number of esters is 1. The molecule has 0 bridgehead atoms. The first-order chi connectivity index (χ1) is 11.6. The van der Waals surface area contributed by atoms with Crippen molar-refractivity contribution in [1.29, 1.82) is 0 Å². The number of ether oxygens (including phenoxy) is 3. The molecule has 1 aromatic carbocycles. The molecule has 0 spiro atoms. The Hall–Kier alpha value is -2.24. The van der Waals surface area contributed by atoms with Crippen LogP contribution in [0.3, 0.4) is 0 Å². The van der Waals surface area contributed by atoms with E-state index in [4.69, 9.17) is 14.2 Å². The van der Waals surface area contributed by atoms with Gasteiger partial charge in [-0.1, -0.05) is 25.1 Å². The second-order valence-electron chi connectivity index (χ2n) is 6.89. The molecule has 0 aliphatic rings. The lowest BCUT2D eigenvalue weighted by atomic mass is 10.1. The van der Waals surface area contributed by atoms with E-state index in [1.54, 1.807) is 27.7 Å². The summed E-state index contributed by atoms with van der Waals surface area (Å²) >= 11 is 0. The van der Waals surface area contributed by atoms with Crippen molar-refractivity contribution in [2.45, 2.75) is 71.8 Å². The van der Waals surface area contributed by atoms with Gasteiger partial charge in [0, 0.05) is 0 Å². The van der Waals surface area contributed by atoms with E-state index in [1.165, 1.54) is 0 Å². The topological polar surface area (TPSA) is 73.9 Å². The molecule has 140 valence electrons.